The predicted molar refractivity (Wildman–Crippen MR) is 141 cm³/mol. The second-order valence-electron chi connectivity index (χ2n) is 8.35. The van der Waals surface area contributed by atoms with Crippen molar-refractivity contribution in [3.63, 3.8) is 0 Å². The first-order valence-corrected chi connectivity index (χ1v) is 11.4. The van der Waals surface area contributed by atoms with Gasteiger partial charge in [-0.3, -0.25) is 0 Å². The van der Waals surface area contributed by atoms with E-state index in [-0.39, 0.29) is 0 Å². The van der Waals surface area contributed by atoms with Gasteiger partial charge < -0.3 is 4.90 Å². The number of aryl methyl sites for hydroxylation is 1. The summed E-state index contributed by atoms with van der Waals surface area (Å²) in [6.07, 6.45) is 0. The number of hydrogen-bond donors (Lipinski definition) is 0. The average molecular weight is 426 g/mol. The van der Waals surface area contributed by atoms with Gasteiger partial charge in [-0.15, -0.1) is 0 Å². The van der Waals surface area contributed by atoms with E-state index in [2.05, 4.69) is 146 Å². The molecule has 0 aliphatic carbocycles. The quantitative estimate of drug-likeness (QED) is 0.271. The molecule has 5 rings (SSSR count). The lowest BCUT2D eigenvalue weighted by Gasteiger charge is -2.29. The highest BCUT2D eigenvalue weighted by molar-refractivity contribution is 5.89. The Balaban J connectivity index is 1.65. The second-order valence-corrected chi connectivity index (χ2v) is 8.35. The normalized spacial score (nSPS) is 10.7. The van der Waals surface area contributed by atoms with Crippen LogP contribution in [0.4, 0.5) is 17.1 Å². The third-order valence-corrected chi connectivity index (χ3v) is 6.28. The minimum atomic E-state index is 1.15. The van der Waals surface area contributed by atoms with Gasteiger partial charge in [0.2, 0.25) is 0 Å². The Hall–Kier alpha value is -4.10. The zero-order valence-electron chi connectivity index (χ0n) is 19.1. The van der Waals surface area contributed by atoms with E-state index in [4.69, 9.17) is 0 Å². The predicted octanol–water partition coefficient (Wildman–Crippen LogP) is 9.11. The van der Waals surface area contributed by atoms with Crippen LogP contribution in [0.25, 0.3) is 22.3 Å². The Kier molecular flexibility index (Phi) is 5.78. The first-order valence-electron chi connectivity index (χ1n) is 11.4. The summed E-state index contributed by atoms with van der Waals surface area (Å²) in [5, 5.41) is 0. The van der Waals surface area contributed by atoms with Gasteiger partial charge in [0.05, 0.1) is 5.69 Å². The Morgan fingerprint density at radius 1 is 0.424 bits per heavy atom. The van der Waals surface area contributed by atoms with Crippen molar-refractivity contribution in [1.82, 2.24) is 0 Å². The summed E-state index contributed by atoms with van der Waals surface area (Å²) < 4.78 is 0. The Morgan fingerprint density at radius 3 is 1.70 bits per heavy atom. The molecule has 0 spiro atoms. The number of para-hydroxylation sites is 2. The molecule has 0 aliphatic heterocycles. The van der Waals surface area contributed by atoms with Crippen molar-refractivity contribution in [2.24, 2.45) is 0 Å². The summed E-state index contributed by atoms with van der Waals surface area (Å²) in [7, 11) is 0. The zero-order chi connectivity index (χ0) is 22.6. The smallest absolute Gasteiger partial charge is 0.0540 e. The molecule has 0 aromatic heterocycles. The van der Waals surface area contributed by atoms with E-state index in [9.17, 15) is 0 Å². The third-order valence-electron chi connectivity index (χ3n) is 6.28. The molecular formula is C32H27N. The molecule has 0 heterocycles. The summed E-state index contributed by atoms with van der Waals surface area (Å²) in [4.78, 5) is 2.38. The van der Waals surface area contributed by atoms with Crippen molar-refractivity contribution in [3.05, 3.63) is 139 Å². The summed E-state index contributed by atoms with van der Waals surface area (Å²) in [6.45, 7) is 4.38. The largest absolute Gasteiger partial charge is 0.310 e. The molecule has 5 aromatic carbocycles. The molecule has 1 heteroatoms. The summed E-state index contributed by atoms with van der Waals surface area (Å²) in [5.74, 6) is 0. The highest BCUT2D eigenvalue weighted by atomic mass is 15.1. The van der Waals surface area contributed by atoms with Crippen molar-refractivity contribution in [1.29, 1.82) is 0 Å². The van der Waals surface area contributed by atoms with Gasteiger partial charge in [0.25, 0.3) is 0 Å². The number of hydrogen-bond acceptors (Lipinski definition) is 1. The number of benzene rings is 5. The Bertz CT molecular complexity index is 1350. The number of anilines is 3. The van der Waals surface area contributed by atoms with Crippen LogP contribution in [0, 0.1) is 13.8 Å². The van der Waals surface area contributed by atoms with Crippen molar-refractivity contribution in [2.45, 2.75) is 13.8 Å². The zero-order valence-corrected chi connectivity index (χ0v) is 19.1. The molecule has 0 fully saturated rings. The monoisotopic (exact) mass is 425 g/mol. The number of nitrogens with zero attached hydrogens (tertiary/aromatic N) is 1. The van der Waals surface area contributed by atoms with Gasteiger partial charge >= 0.3 is 0 Å². The van der Waals surface area contributed by atoms with Crippen LogP contribution in [0.15, 0.2) is 127 Å². The lowest BCUT2D eigenvalue weighted by atomic mass is 9.97. The first-order chi connectivity index (χ1) is 16.2. The molecule has 0 saturated carbocycles. The molecule has 0 N–H and O–H groups in total. The minimum Gasteiger partial charge on any atom is -0.310 e. The molecular weight excluding hydrogens is 398 g/mol. The van der Waals surface area contributed by atoms with Gasteiger partial charge in [0.15, 0.2) is 0 Å². The summed E-state index contributed by atoms with van der Waals surface area (Å²) in [5.41, 5.74) is 11.0. The highest BCUT2D eigenvalue weighted by Crippen LogP contribution is 2.42. The van der Waals surface area contributed by atoms with Gasteiger partial charge in [-0.25, -0.2) is 0 Å². The molecule has 160 valence electrons. The molecule has 0 saturated heterocycles. The molecule has 0 atom stereocenters. The molecule has 33 heavy (non-hydrogen) atoms. The van der Waals surface area contributed by atoms with Crippen molar-refractivity contribution >= 4 is 17.1 Å². The Morgan fingerprint density at radius 2 is 0.970 bits per heavy atom. The molecule has 0 bridgehead atoms. The van der Waals surface area contributed by atoms with Gasteiger partial charge in [-0.2, -0.15) is 0 Å². The molecule has 1 nitrogen and oxygen atoms in total. The van der Waals surface area contributed by atoms with Crippen LogP contribution < -0.4 is 4.90 Å². The van der Waals surface area contributed by atoms with Gasteiger partial charge in [0, 0.05) is 16.9 Å². The van der Waals surface area contributed by atoms with Crippen LogP contribution in [0.5, 0.6) is 0 Å². The van der Waals surface area contributed by atoms with E-state index in [0.29, 0.717) is 0 Å². The maximum atomic E-state index is 2.38. The lowest BCUT2D eigenvalue weighted by Crippen LogP contribution is -2.12. The van der Waals surface area contributed by atoms with Crippen LogP contribution in [0.2, 0.25) is 0 Å². The fourth-order valence-electron chi connectivity index (χ4n) is 4.35. The van der Waals surface area contributed by atoms with Gasteiger partial charge in [-0.1, -0.05) is 103 Å². The van der Waals surface area contributed by atoms with Crippen molar-refractivity contribution < 1.29 is 0 Å². The van der Waals surface area contributed by atoms with E-state index in [1.165, 1.54) is 44.8 Å². The van der Waals surface area contributed by atoms with Crippen LogP contribution in [-0.4, -0.2) is 0 Å². The molecule has 5 aromatic rings. The van der Waals surface area contributed by atoms with Crippen LogP contribution in [0.3, 0.4) is 0 Å². The van der Waals surface area contributed by atoms with Gasteiger partial charge in [0.1, 0.15) is 0 Å². The van der Waals surface area contributed by atoms with Crippen LogP contribution >= 0.6 is 0 Å². The maximum Gasteiger partial charge on any atom is 0.0540 e. The van der Waals surface area contributed by atoms with E-state index in [0.717, 1.165) is 5.69 Å². The van der Waals surface area contributed by atoms with Gasteiger partial charge in [-0.05, 0) is 65.9 Å². The highest BCUT2D eigenvalue weighted by Gasteiger charge is 2.18. The number of rotatable bonds is 5. The van der Waals surface area contributed by atoms with Crippen molar-refractivity contribution in [3.8, 4) is 22.3 Å². The molecule has 0 unspecified atom stereocenters. The fourth-order valence-corrected chi connectivity index (χ4v) is 4.35. The topological polar surface area (TPSA) is 3.24 Å². The average Bonchev–Trinajstić information content (AvgIpc) is 2.88. The summed E-state index contributed by atoms with van der Waals surface area (Å²) >= 11 is 0. The summed E-state index contributed by atoms with van der Waals surface area (Å²) in [6, 6.07) is 45.3. The fraction of sp³-hybridized carbons (Fsp3) is 0.0625. The van der Waals surface area contributed by atoms with E-state index in [1.807, 2.05) is 0 Å². The maximum absolute atomic E-state index is 2.38. The van der Waals surface area contributed by atoms with E-state index in [1.54, 1.807) is 0 Å². The first kappa shape index (κ1) is 20.8. The molecule has 0 radical (unpaired) electrons. The molecule has 0 amide bonds. The van der Waals surface area contributed by atoms with Crippen LogP contribution in [0.1, 0.15) is 11.1 Å². The SMILES string of the molecule is Cc1cccc(N(c2ccccc2)c2ccccc2-c2ccc(-c3ccccc3)cc2)c1C. The second kappa shape index (κ2) is 9.18. The third kappa shape index (κ3) is 4.18. The van der Waals surface area contributed by atoms with E-state index >= 15 is 0 Å². The van der Waals surface area contributed by atoms with Crippen molar-refractivity contribution in [2.75, 3.05) is 4.90 Å². The molecule has 0 aliphatic rings. The van der Waals surface area contributed by atoms with Crippen LogP contribution in [-0.2, 0) is 0 Å². The van der Waals surface area contributed by atoms with E-state index < -0.39 is 0 Å². The lowest BCUT2D eigenvalue weighted by molar-refractivity contribution is 1.22. The Labute approximate surface area is 196 Å². The standard InChI is InChI=1S/C32H27N/c1-24-12-11-19-31(25(24)2)33(29-15-7-4-8-16-29)32-18-10-9-17-30(32)28-22-20-27(21-23-28)26-13-5-3-6-14-26/h3-23H,1-2H3. The minimum absolute atomic E-state index is 1.15.